The Bertz CT molecular complexity index is 713. The van der Waals surface area contributed by atoms with Gasteiger partial charge in [0.1, 0.15) is 11.5 Å². The zero-order chi connectivity index (χ0) is 14.7. The highest BCUT2D eigenvalue weighted by atomic mass is 32.2. The van der Waals surface area contributed by atoms with Crippen molar-refractivity contribution in [3.05, 3.63) is 40.2 Å². The number of ketones is 1. The van der Waals surface area contributed by atoms with E-state index in [-0.39, 0.29) is 28.0 Å². The Labute approximate surface area is 116 Å². The second-order valence-corrected chi connectivity index (χ2v) is 4.79. The van der Waals surface area contributed by atoms with Gasteiger partial charge in [0.15, 0.2) is 10.9 Å². The minimum atomic E-state index is -0.528. The molecule has 2 aromatic rings. The van der Waals surface area contributed by atoms with E-state index in [1.54, 1.807) is 0 Å². The number of hydrogen-bond donors (Lipinski definition) is 4. The molecule has 104 valence electrons. The molecular weight excluding hydrogens is 284 g/mol. The summed E-state index contributed by atoms with van der Waals surface area (Å²) < 4.78 is 0. The molecule has 1 heterocycles. The summed E-state index contributed by atoms with van der Waals surface area (Å²) in [4.78, 5) is 29.0. The van der Waals surface area contributed by atoms with Crippen molar-refractivity contribution in [2.45, 2.75) is 5.16 Å². The van der Waals surface area contributed by atoms with Crippen molar-refractivity contribution in [3.8, 4) is 17.4 Å². The van der Waals surface area contributed by atoms with Gasteiger partial charge in [0.25, 0.3) is 5.56 Å². The van der Waals surface area contributed by atoms with Crippen LogP contribution < -0.4 is 5.56 Å². The number of thioether (sulfide) groups is 1. The highest BCUT2D eigenvalue weighted by Crippen LogP contribution is 2.24. The Balaban J connectivity index is 2.10. The van der Waals surface area contributed by atoms with E-state index in [1.807, 2.05) is 0 Å². The van der Waals surface area contributed by atoms with Crippen LogP contribution >= 0.6 is 11.8 Å². The number of aromatic hydroxyl groups is 3. The standard InChI is InChI=1S/C12H10N2O5S/c15-6-1-2-7(8(16)3-6)9(17)5-20-12-13-10(18)4-11(19)14-12/h1-4,15-16H,5H2,(H2,13,14,18,19). The number of aromatic nitrogens is 2. The van der Waals surface area contributed by atoms with Gasteiger partial charge in [-0.25, -0.2) is 0 Å². The third kappa shape index (κ3) is 3.29. The van der Waals surface area contributed by atoms with Crippen LogP contribution in [0.1, 0.15) is 10.4 Å². The molecular formula is C12H10N2O5S. The monoisotopic (exact) mass is 294 g/mol. The Morgan fingerprint density at radius 3 is 2.65 bits per heavy atom. The van der Waals surface area contributed by atoms with E-state index in [2.05, 4.69) is 9.97 Å². The van der Waals surface area contributed by atoms with Crippen LogP contribution in [0.2, 0.25) is 0 Å². The number of hydrogen-bond acceptors (Lipinski definition) is 7. The summed E-state index contributed by atoms with van der Waals surface area (Å²) >= 11 is 0.915. The highest BCUT2D eigenvalue weighted by Gasteiger charge is 2.13. The van der Waals surface area contributed by atoms with Gasteiger partial charge in [-0.15, -0.1) is 0 Å². The second kappa shape index (κ2) is 5.66. The molecule has 0 radical (unpaired) electrons. The van der Waals surface area contributed by atoms with Crippen molar-refractivity contribution in [2.24, 2.45) is 0 Å². The van der Waals surface area contributed by atoms with E-state index in [0.717, 1.165) is 23.9 Å². The molecule has 0 atom stereocenters. The number of benzene rings is 1. The number of rotatable bonds is 4. The van der Waals surface area contributed by atoms with Gasteiger partial charge < -0.3 is 20.3 Å². The van der Waals surface area contributed by atoms with Gasteiger partial charge in [0.2, 0.25) is 5.88 Å². The fourth-order valence-electron chi connectivity index (χ4n) is 1.46. The van der Waals surface area contributed by atoms with Crippen molar-refractivity contribution in [2.75, 3.05) is 5.75 Å². The zero-order valence-electron chi connectivity index (χ0n) is 10.0. The normalized spacial score (nSPS) is 10.4. The number of carbonyl (C=O) groups excluding carboxylic acids is 1. The van der Waals surface area contributed by atoms with Gasteiger partial charge in [-0.3, -0.25) is 9.59 Å². The van der Waals surface area contributed by atoms with Crippen LogP contribution in [0.3, 0.4) is 0 Å². The molecule has 0 aliphatic carbocycles. The summed E-state index contributed by atoms with van der Waals surface area (Å²) in [6.07, 6.45) is 0. The summed E-state index contributed by atoms with van der Waals surface area (Å²) in [5.41, 5.74) is -0.474. The largest absolute Gasteiger partial charge is 0.508 e. The smallest absolute Gasteiger partial charge is 0.255 e. The quantitative estimate of drug-likeness (QED) is 0.374. The van der Waals surface area contributed by atoms with Crippen molar-refractivity contribution in [1.82, 2.24) is 9.97 Å². The van der Waals surface area contributed by atoms with E-state index in [1.165, 1.54) is 12.1 Å². The number of Topliss-reactive ketones (excluding diaryl/α,β-unsaturated/α-hetero) is 1. The molecule has 0 amide bonds. The summed E-state index contributed by atoms with van der Waals surface area (Å²) in [6.45, 7) is 0. The van der Waals surface area contributed by atoms with Gasteiger partial charge in [-0.1, -0.05) is 11.8 Å². The Hall–Kier alpha value is -2.48. The number of nitrogens with one attached hydrogen (secondary N) is 1. The molecule has 1 aromatic carbocycles. The lowest BCUT2D eigenvalue weighted by Crippen LogP contribution is -2.08. The van der Waals surface area contributed by atoms with Crippen LogP contribution in [0.25, 0.3) is 0 Å². The van der Waals surface area contributed by atoms with Crippen LogP contribution in [-0.2, 0) is 0 Å². The first-order valence-corrected chi connectivity index (χ1v) is 6.42. The number of nitrogens with zero attached hydrogens (tertiary/aromatic N) is 1. The maximum absolute atomic E-state index is 11.9. The van der Waals surface area contributed by atoms with Gasteiger partial charge in [-0.2, -0.15) is 4.98 Å². The number of H-pyrrole nitrogens is 1. The number of phenolic OH excluding ortho intramolecular Hbond substituents is 2. The minimum absolute atomic E-state index is 0.0535. The maximum Gasteiger partial charge on any atom is 0.255 e. The van der Waals surface area contributed by atoms with Crippen molar-refractivity contribution >= 4 is 17.5 Å². The molecule has 8 heteroatoms. The average Bonchev–Trinajstić information content (AvgIpc) is 2.35. The molecule has 0 fully saturated rings. The highest BCUT2D eigenvalue weighted by molar-refractivity contribution is 7.99. The summed E-state index contributed by atoms with van der Waals surface area (Å²) in [6, 6.07) is 4.56. The number of phenols is 2. The summed E-state index contributed by atoms with van der Waals surface area (Å²) in [5, 5.41) is 27.9. The summed E-state index contributed by atoms with van der Waals surface area (Å²) in [5.74, 6) is -1.40. The van der Waals surface area contributed by atoms with Gasteiger partial charge in [-0.05, 0) is 12.1 Å². The van der Waals surface area contributed by atoms with E-state index < -0.39 is 17.2 Å². The van der Waals surface area contributed by atoms with Crippen LogP contribution in [0.4, 0.5) is 0 Å². The van der Waals surface area contributed by atoms with Crippen molar-refractivity contribution in [3.63, 3.8) is 0 Å². The molecule has 0 saturated carbocycles. The van der Waals surface area contributed by atoms with Crippen molar-refractivity contribution < 1.29 is 20.1 Å². The molecule has 0 aliphatic heterocycles. The van der Waals surface area contributed by atoms with Crippen LogP contribution in [0.5, 0.6) is 17.4 Å². The SMILES string of the molecule is O=C(CSc1nc(O)cc(=O)[nH]1)c1ccc(O)cc1O. The predicted molar refractivity (Wildman–Crippen MR) is 71.3 cm³/mol. The molecule has 0 spiro atoms. The number of aromatic amines is 1. The molecule has 4 N–H and O–H groups in total. The minimum Gasteiger partial charge on any atom is -0.508 e. The molecule has 0 saturated heterocycles. The lowest BCUT2D eigenvalue weighted by Gasteiger charge is -2.04. The Morgan fingerprint density at radius 1 is 1.25 bits per heavy atom. The molecule has 0 aliphatic rings. The van der Waals surface area contributed by atoms with E-state index >= 15 is 0 Å². The lowest BCUT2D eigenvalue weighted by atomic mass is 10.1. The third-order valence-corrected chi connectivity index (χ3v) is 3.20. The van der Waals surface area contributed by atoms with Gasteiger partial charge in [0, 0.05) is 6.07 Å². The maximum atomic E-state index is 11.9. The molecule has 0 unspecified atom stereocenters. The van der Waals surface area contributed by atoms with Crippen LogP contribution in [0.15, 0.2) is 34.2 Å². The van der Waals surface area contributed by atoms with E-state index in [9.17, 15) is 14.7 Å². The number of carbonyl (C=O) groups is 1. The third-order valence-electron chi connectivity index (χ3n) is 2.33. The van der Waals surface area contributed by atoms with E-state index in [0.29, 0.717) is 0 Å². The molecule has 7 nitrogen and oxygen atoms in total. The Morgan fingerprint density at radius 2 is 2.00 bits per heavy atom. The van der Waals surface area contributed by atoms with Gasteiger partial charge >= 0.3 is 0 Å². The first-order chi connectivity index (χ1) is 9.45. The second-order valence-electron chi connectivity index (χ2n) is 3.82. The molecule has 1 aromatic heterocycles. The van der Waals surface area contributed by atoms with Crippen molar-refractivity contribution in [1.29, 1.82) is 0 Å². The topological polar surface area (TPSA) is 124 Å². The van der Waals surface area contributed by atoms with Crippen LogP contribution in [0, 0.1) is 0 Å². The molecule has 20 heavy (non-hydrogen) atoms. The lowest BCUT2D eigenvalue weighted by molar-refractivity contribution is 0.102. The first kappa shape index (κ1) is 13.9. The zero-order valence-corrected chi connectivity index (χ0v) is 10.8. The van der Waals surface area contributed by atoms with Gasteiger partial charge in [0.05, 0.1) is 17.4 Å². The van der Waals surface area contributed by atoms with E-state index in [4.69, 9.17) is 10.2 Å². The predicted octanol–water partition coefficient (Wildman–Crippen LogP) is 0.862. The molecule has 2 rings (SSSR count). The molecule has 0 bridgehead atoms. The first-order valence-electron chi connectivity index (χ1n) is 5.44. The Kier molecular flexibility index (Phi) is 3.94. The summed E-state index contributed by atoms with van der Waals surface area (Å²) in [7, 11) is 0. The fourth-order valence-corrected chi connectivity index (χ4v) is 2.21. The average molecular weight is 294 g/mol. The fraction of sp³-hybridized carbons (Fsp3) is 0.0833. The van der Waals surface area contributed by atoms with Crippen LogP contribution in [-0.4, -0.2) is 36.8 Å².